The number of hydrogen-bond acceptors (Lipinski definition) is 2. The number of nitrogens with zero attached hydrogens (tertiary/aromatic N) is 4. The first-order valence-electron chi connectivity index (χ1n) is 7.75. The quantitative estimate of drug-likeness (QED) is 0.701. The Kier molecular flexibility index (Phi) is 6.66. The first kappa shape index (κ1) is 16.3. The zero-order valence-corrected chi connectivity index (χ0v) is 13.3. The lowest BCUT2D eigenvalue weighted by Gasteiger charge is -2.36. The Bertz CT molecular complexity index is 307. The summed E-state index contributed by atoms with van der Waals surface area (Å²) < 4.78 is 2.31. The molecule has 2 aliphatic rings. The minimum Gasteiger partial charge on any atom is -0.307 e. The van der Waals surface area contributed by atoms with Crippen molar-refractivity contribution in [2.75, 3.05) is 53.1 Å². The fourth-order valence-electron chi connectivity index (χ4n) is 2.51. The maximum atomic E-state index is 4.32. The Labute approximate surface area is 119 Å². The van der Waals surface area contributed by atoms with Gasteiger partial charge in [-0.25, -0.2) is 9.98 Å². The smallest absolute Gasteiger partial charge is 0.172 e. The van der Waals surface area contributed by atoms with Gasteiger partial charge in [0.15, 0.2) is 13.3 Å². The first-order chi connectivity index (χ1) is 9.10. The van der Waals surface area contributed by atoms with E-state index in [1.807, 2.05) is 6.21 Å². The summed E-state index contributed by atoms with van der Waals surface area (Å²) in [5.74, 6) is 0. The van der Waals surface area contributed by atoms with Crippen LogP contribution in [0.2, 0.25) is 0 Å². The lowest BCUT2D eigenvalue weighted by molar-refractivity contribution is -0.924. The predicted molar refractivity (Wildman–Crippen MR) is 83.8 cm³/mol. The van der Waals surface area contributed by atoms with Gasteiger partial charge in [0.1, 0.15) is 0 Å². The number of hydrogen-bond donors (Lipinski definition) is 0. The highest BCUT2D eigenvalue weighted by Crippen LogP contribution is 2.10. The van der Waals surface area contributed by atoms with Crippen molar-refractivity contribution < 1.29 is 8.97 Å². The van der Waals surface area contributed by atoms with Crippen LogP contribution in [0.1, 0.15) is 33.6 Å². The standard InChI is InChI=1S/C8H17N2.C7H15N2/c1-3-10(4-2)7-5-6-9-8-10;1-3-9(2)6-4-5-8-7-9/h6H,3-5,7-8H2,1-2H3;5H,3-4,6-7H2,1-2H3/q2*+1. The van der Waals surface area contributed by atoms with Crippen LogP contribution in [0.5, 0.6) is 0 Å². The van der Waals surface area contributed by atoms with E-state index < -0.39 is 0 Å². The number of quaternary nitrogens is 2. The van der Waals surface area contributed by atoms with E-state index in [1.54, 1.807) is 0 Å². The molecule has 0 saturated heterocycles. The van der Waals surface area contributed by atoms with Crippen LogP contribution < -0.4 is 0 Å². The van der Waals surface area contributed by atoms with Crippen molar-refractivity contribution in [3.05, 3.63) is 0 Å². The summed E-state index contributed by atoms with van der Waals surface area (Å²) in [5.41, 5.74) is 0. The lowest BCUT2D eigenvalue weighted by Crippen LogP contribution is -2.50. The third-order valence-corrected chi connectivity index (χ3v) is 4.70. The zero-order valence-electron chi connectivity index (χ0n) is 13.3. The average Bonchev–Trinajstić information content (AvgIpc) is 2.49. The van der Waals surface area contributed by atoms with Crippen LogP contribution in [-0.4, -0.2) is 74.5 Å². The van der Waals surface area contributed by atoms with Crippen molar-refractivity contribution >= 4 is 12.4 Å². The molecule has 0 spiro atoms. The van der Waals surface area contributed by atoms with E-state index in [2.05, 4.69) is 44.0 Å². The van der Waals surface area contributed by atoms with Crippen LogP contribution >= 0.6 is 0 Å². The minimum atomic E-state index is 0.983. The highest BCUT2D eigenvalue weighted by molar-refractivity contribution is 5.57. The summed E-state index contributed by atoms with van der Waals surface area (Å²) in [6, 6.07) is 0. The molecular formula is C15H32N4+2. The molecule has 0 radical (unpaired) electrons. The molecule has 0 amide bonds. The van der Waals surface area contributed by atoms with Crippen molar-refractivity contribution in [2.45, 2.75) is 33.6 Å². The van der Waals surface area contributed by atoms with Gasteiger partial charge in [-0.3, -0.25) is 0 Å². The molecule has 0 aromatic carbocycles. The van der Waals surface area contributed by atoms with Crippen molar-refractivity contribution in [3.8, 4) is 0 Å². The predicted octanol–water partition coefficient (Wildman–Crippen LogP) is 2.16. The summed E-state index contributed by atoms with van der Waals surface area (Å²) in [5, 5.41) is 0. The third kappa shape index (κ3) is 5.03. The Hall–Kier alpha value is -0.740. The highest BCUT2D eigenvalue weighted by atomic mass is 15.4. The molecular weight excluding hydrogens is 236 g/mol. The van der Waals surface area contributed by atoms with Gasteiger partial charge in [-0.05, 0) is 20.8 Å². The normalized spacial score (nSPS) is 28.6. The van der Waals surface area contributed by atoms with E-state index in [0.717, 1.165) is 24.2 Å². The maximum absolute atomic E-state index is 4.32. The van der Waals surface area contributed by atoms with E-state index in [-0.39, 0.29) is 0 Å². The molecule has 110 valence electrons. The Morgan fingerprint density at radius 3 is 1.68 bits per heavy atom. The number of rotatable bonds is 3. The monoisotopic (exact) mass is 268 g/mol. The van der Waals surface area contributed by atoms with Crippen molar-refractivity contribution in [1.29, 1.82) is 0 Å². The van der Waals surface area contributed by atoms with Crippen LogP contribution in [0.15, 0.2) is 9.98 Å². The fourth-order valence-corrected chi connectivity index (χ4v) is 2.51. The third-order valence-electron chi connectivity index (χ3n) is 4.70. The summed E-state index contributed by atoms with van der Waals surface area (Å²) in [6.45, 7) is 14.9. The van der Waals surface area contributed by atoms with E-state index in [9.17, 15) is 0 Å². The molecule has 0 bridgehead atoms. The molecule has 4 heteroatoms. The van der Waals surface area contributed by atoms with E-state index in [0.29, 0.717) is 0 Å². The van der Waals surface area contributed by atoms with Crippen LogP contribution in [0.4, 0.5) is 0 Å². The SMILES string of the molecule is CC[N+]1(C)CCC=NC1.CC[N+]1(CC)CCC=NC1. The molecule has 0 aromatic rings. The van der Waals surface area contributed by atoms with Crippen LogP contribution in [0.3, 0.4) is 0 Å². The molecule has 0 saturated carbocycles. The first-order valence-corrected chi connectivity index (χ1v) is 7.75. The lowest BCUT2D eigenvalue weighted by atomic mass is 10.3. The van der Waals surface area contributed by atoms with Crippen molar-refractivity contribution in [1.82, 2.24) is 0 Å². The second-order valence-electron chi connectivity index (χ2n) is 5.95. The van der Waals surface area contributed by atoms with Gasteiger partial charge in [-0.1, -0.05) is 0 Å². The molecule has 1 unspecified atom stereocenters. The average molecular weight is 268 g/mol. The Morgan fingerprint density at radius 1 is 0.842 bits per heavy atom. The van der Waals surface area contributed by atoms with Gasteiger partial charge >= 0.3 is 0 Å². The molecule has 0 aromatic heterocycles. The molecule has 2 rings (SSSR count). The van der Waals surface area contributed by atoms with Gasteiger partial charge in [-0.15, -0.1) is 0 Å². The molecule has 0 fully saturated rings. The van der Waals surface area contributed by atoms with Crippen LogP contribution in [0.25, 0.3) is 0 Å². The summed E-state index contributed by atoms with van der Waals surface area (Å²) in [7, 11) is 2.26. The topological polar surface area (TPSA) is 24.7 Å². The molecule has 0 aliphatic carbocycles. The van der Waals surface area contributed by atoms with E-state index in [1.165, 1.54) is 43.6 Å². The number of aliphatic imine (C=N–C) groups is 2. The second-order valence-corrected chi connectivity index (χ2v) is 5.95. The van der Waals surface area contributed by atoms with Gasteiger partial charge < -0.3 is 8.97 Å². The highest BCUT2D eigenvalue weighted by Gasteiger charge is 2.23. The van der Waals surface area contributed by atoms with Gasteiger partial charge in [-0.2, -0.15) is 0 Å². The van der Waals surface area contributed by atoms with Gasteiger partial charge in [0.05, 0.1) is 39.8 Å². The molecule has 2 heterocycles. The molecule has 19 heavy (non-hydrogen) atoms. The molecule has 4 nitrogen and oxygen atoms in total. The van der Waals surface area contributed by atoms with Crippen LogP contribution in [-0.2, 0) is 0 Å². The molecule has 2 aliphatic heterocycles. The molecule has 0 N–H and O–H groups in total. The van der Waals surface area contributed by atoms with Crippen LogP contribution in [0, 0.1) is 0 Å². The summed E-state index contributed by atoms with van der Waals surface area (Å²) >= 11 is 0. The summed E-state index contributed by atoms with van der Waals surface area (Å²) in [6.07, 6.45) is 6.42. The van der Waals surface area contributed by atoms with Gasteiger partial charge in [0, 0.05) is 25.3 Å². The largest absolute Gasteiger partial charge is 0.307 e. The maximum Gasteiger partial charge on any atom is 0.172 e. The van der Waals surface area contributed by atoms with Gasteiger partial charge in [0.25, 0.3) is 0 Å². The van der Waals surface area contributed by atoms with E-state index >= 15 is 0 Å². The van der Waals surface area contributed by atoms with Crippen molar-refractivity contribution in [3.63, 3.8) is 0 Å². The van der Waals surface area contributed by atoms with Crippen molar-refractivity contribution in [2.24, 2.45) is 9.98 Å². The zero-order chi connectivity index (χ0) is 14.2. The Morgan fingerprint density at radius 2 is 1.42 bits per heavy atom. The minimum absolute atomic E-state index is 0.983. The Balaban J connectivity index is 0.000000191. The second kappa shape index (κ2) is 7.75. The molecule has 1 atom stereocenters. The van der Waals surface area contributed by atoms with E-state index in [4.69, 9.17) is 0 Å². The van der Waals surface area contributed by atoms with Gasteiger partial charge in [0.2, 0.25) is 0 Å². The summed E-state index contributed by atoms with van der Waals surface area (Å²) in [4.78, 5) is 8.57. The fraction of sp³-hybridized carbons (Fsp3) is 0.867.